The number of carbonyl (C=O) groups is 1. The zero-order valence-corrected chi connectivity index (χ0v) is 16.2. The number of aryl methyl sites for hydroxylation is 1. The molecule has 1 saturated heterocycles. The second-order valence-electron chi connectivity index (χ2n) is 7.23. The summed E-state index contributed by atoms with van der Waals surface area (Å²) >= 11 is 0. The van der Waals surface area contributed by atoms with Gasteiger partial charge in [-0.3, -0.25) is 19.7 Å². The minimum absolute atomic E-state index is 0.160. The molecule has 0 spiro atoms. The summed E-state index contributed by atoms with van der Waals surface area (Å²) in [6, 6.07) is 3.81. The Bertz CT molecular complexity index is 960. The smallest absolute Gasteiger partial charge is 0.227 e. The van der Waals surface area contributed by atoms with Gasteiger partial charge in [0.15, 0.2) is 0 Å². The third kappa shape index (κ3) is 3.65. The zero-order chi connectivity index (χ0) is 19.5. The first-order valence-electron chi connectivity index (χ1n) is 9.59. The fourth-order valence-corrected chi connectivity index (χ4v) is 3.76. The molecule has 0 saturated carbocycles. The van der Waals surface area contributed by atoms with Gasteiger partial charge in [0, 0.05) is 50.8 Å². The molecule has 3 aromatic heterocycles. The molecule has 0 unspecified atom stereocenters. The van der Waals surface area contributed by atoms with Crippen LogP contribution in [0.25, 0.3) is 11.4 Å². The molecule has 0 bridgehead atoms. The molecule has 7 nitrogen and oxygen atoms in total. The van der Waals surface area contributed by atoms with Crippen LogP contribution < -0.4 is 0 Å². The van der Waals surface area contributed by atoms with Gasteiger partial charge in [-0.05, 0) is 31.4 Å². The molecule has 0 radical (unpaired) electrons. The van der Waals surface area contributed by atoms with Crippen molar-refractivity contribution in [3.05, 3.63) is 60.2 Å². The lowest BCUT2D eigenvalue weighted by molar-refractivity contribution is -0.131. The van der Waals surface area contributed by atoms with Crippen molar-refractivity contribution in [2.45, 2.75) is 32.1 Å². The highest BCUT2D eigenvalue weighted by molar-refractivity contribution is 5.78. The highest BCUT2D eigenvalue weighted by Gasteiger charge is 2.27. The lowest BCUT2D eigenvalue weighted by Crippen LogP contribution is -2.39. The molecule has 28 heavy (non-hydrogen) atoms. The van der Waals surface area contributed by atoms with E-state index < -0.39 is 0 Å². The predicted molar refractivity (Wildman–Crippen MR) is 105 cm³/mol. The molecule has 0 atom stereocenters. The number of pyridine rings is 1. The van der Waals surface area contributed by atoms with Crippen LogP contribution >= 0.6 is 0 Å². The van der Waals surface area contributed by atoms with Crippen LogP contribution in [0.3, 0.4) is 0 Å². The quantitative estimate of drug-likeness (QED) is 0.699. The van der Waals surface area contributed by atoms with Gasteiger partial charge < -0.3 is 9.47 Å². The van der Waals surface area contributed by atoms with Crippen LogP contribution in [-0.2, 0) is 18.3 Å². The van der Waals surface area contributed by atoms with Crippen molar-refractivity contribution in [1.82, 2.24) is 29.4 Å². The van der Waals surface area contributed by atoms with Gasteiger partial charge in [0.2, 0.25) is 5.91 Å². The van der Waals surface area contributed by atoms with E-state index in [1.165, 1.54) is 0 Å². The van der Waals surface area contributed by atoms with Crippen LogP contribution in [0.2, 0.25) is 0 Å². The Morgan fingerprint density at radius 2 is 1.89 bits per heavy atom. The van der Waals surface area contributed by atoms with E-state index in [1.807, 2.05) is 41.8 Å². The predicted octanol–water partition coefficient (Wildman–Crippen LogP) is 2.53. The number of aromatic nitrogens is 5. The van der Waals surface area contributed by atoms with Gasteiger partial charge in [-0.1, -0.05) is 6.07 Å². The lowest BCUT2D eigenvalue weighted by Gasteiger charge is -2.32. The number of carbonyl (C=O) groups excluding carboxylic acids is 1. The molecular weight excluding hydrogens is 352 g/mol. The highest BCUT2D eigenvalue weighted by atomic mass is 16.2. The SMILES string of the molecule is Cc1ncc(-c2nccnc2C2CCN(C(=O)Cc3cccnc3)CC2)n1C. The van der Waals surface area contributed by atoms with Crippen molar-refractivity contribution in [2.24, 2.45) is 7.05 Å². The van der Waals surface area contributed by atoms with Crippen molar-refractivity contribution in [3.63, 3.8) is 0 Å². The first-order chi connectivity index (χ1) is 13.6. The Hall–Kier alpha value is -3.09. The van der Waals surface area contributed by atoms with Crippen molar-refractivity contribution >= 4 is 5.91 Å². The summed E-state index contributed by atoms with van der Waals surface area (Å²) in [6.45, 7) is 3.46. The van der Waals surface area contributed by atoms with Crippen LogP contribution in [0.15, 0.2) is 43.1 Å². The number of hydrogen-bond donors (Lipinski definition) is 0. The van der Waals surface area contributed by atoms with E-state index in [4.69, 9.17) is 0 Å². The van der Waals surface area contributed by atoms with E-state index in [1.54, 1.807) is 24.8 Å². The van der Waals surface area contributed by atoms with Gasteiger partial charge in [-0.25, -0.2) is 4.98 Å². The largest absolute Gasteiger partial charge is 0.342 e. The number of imidazole rings is 1. The lowest BCUT2D eigenvalue weighted by atomic mass is 9.91. The molecule has 7 heteroatoms. The minimum Gasteiger partial charge on any atom is -0.342 e. The Morgan fingerprint density at radius 3 is 2.57 bits per heavy atom. The summed E-state index contributed by atoms with van der Waals surface area (Å²) < 4.78 is 2.04. The number of hydrogen-bond acceptors (Lipinski definition) is 5. The molecule has 0 aromatic carbocycles. The molecule has 4 heterocycles. The molecular formula is C21H24N6O. The van der Waals surface area contributed by atoms with Crippen molar-refractivity contribution in [2.75, 3.05) is 13.1 Å². The van der Waals surface area contributed by atoms with E-state index in [2.05, 4.69) is 19.9 Å². The second kappa shape index (κ2) is 7.88. The molecule has 4 rings (SSSR count). The molecule has 0 aliphatic carbocycles. The summed E-state index contributed by atoms with van der Waals surface area (Å²) in [4.78, 5) is 32.3. The maximum Gasteiger partial charge on any atom is 0.227 e. The van der Waals surface area contributed by atoms with Gasteiger partial charge in [-0.2, -0.15) is 0 Å². The zero-order valence-electron chi connectivity index (χ0n) is 16.2. The van der Waals surface area contributed by atoms with Crippen LogP contribution in [0, 0.1) is 6.92 Å². The Morgan fingerprint density at radius 1 is 1.11 bits per heavy atom. The average Bonchev–Trinajstić information content (AvgIpc) is 3.07. The maximum atomic E-state index is 12.6. The van der Waals surface area contributed by atoms with Crippen LogP contribution in [-0.4, -0.2) is 48.4 Å². The van der Waals surface area contributed by atoms with Gasteiger partial charge in [-0.15, -0.1) is 0 Å². The topological polar surface area (TPSA) is 76.8 Å². The van der Waals surface area contributed by atoms with Gasteiger partial charge in [0.05, 0.1) is 24.0 Å². The average molecular weight is 376 g/mol. The van der Waals surface area contributed by atoms with E-state index in [0.717, 1.165) is 54.4 Å². The first-order valence-corrected chi connectivity index (χ1v) is 9.59. The number of nitrogens with zero attached hydrogens (tertiary/aromatic N) is 6. The summed E-state index contributed by atoms with van der Waals surface area (Å²) in [6.07, 6.45) is 11.0. The maximum absolute atomic E-state index is 12.6. The summed E-state index contributed by atoms with van der Waals surface area (Å²) in [5.41, 5.74) is 3.84. The van der Waals surface area contributed by atoms with E-state index >= 15 is 0 Å². The Labute approximate surface area is 164 Å². The molecule has 1 amide bonds. The number of rotatable bonds is 4. The number of amides is 1. The van der Waals surface area contributed by atoms with Crippen LogP contribution in [0.1, 0.15) is 35.8 Å². The normalized spacial score (nSPS) is 15.0. The third-order valence-electron chi connectivity index (χ3n) is 5.50. The van der Waals surface area contributed by atoms with Gasteiger partial charge in [0.1, 0.15) is 11.5 Å². The van der Waals surface area contributed by atoms with Gasteiger partial charge >= 0.3 is 0 Å². The fraction of sp³-hybridized carbons (Fsp3) is 0.381. The van der Waals surface area contributed by atoms with Crippen molar-refractivity contribution < 1.29 is 4.79 Å². The molecule has 3 aromatic rings. The van der Waals surface area contributed by atoms with E-state index in [-0.39, 0.29) is 5.91 Å². The number of likely N-dealkylation sites (tertiary alicyclic amines) is 1. The molecule has 1 aliphatic rings. The Kier molecular flexibility index (Phi) is 5.14. The molecule has 144 valence electrons. The van der Waals surface area contributed by atoms with Crippen molar-refractivity contribution in [1.29, 1.82) is 0 Å². The van der Waals surface area contributed by atoms with Gasteiger partial charge in [0.25, 0.3) is 0 Å². The minimum atomic E-state index is 0.160. The van der Waals surface area contributed by atoms with E-state index in [9.17, 15) is 4.79 Å². The highest BCUT2D eigenvalue weighted by Crippen LogP contribution is 2.32. The first kappa shape index (κ1) is 18.3. The molecule has 1 fully saturated rings. The Balaban J connectivity index is 1.46. The van der Waals surface area contributed by atoms with E-state index in [0.29, 0.717) is 12.3 Å². The summed E-state index contributed by atoms with van der Waals surface area (Å²) in [7, 11) is 2.00. The third-order valence-corrected chi connectivity index (χ3v) is 5.50. The molecule has 1 aliphatic heterocycles. The fourth-order valence-electron chi connectivity index (χ4n) is 3.76. The molecule has 0 N–H and O–H groups in total. The van der Waals surface area contributed by atoms with Crippen LogP contribution in [0.5, 0.6) is 0 Å². The standard InChI is InChI=1S/C21H24N6O/c1-15-25-14-18(26(15)2)21-20(23-8-9-24-21)17-5-10-27(11-6-17)19(28)12-16-4-3-7-22-13-16/h3-4,7-9,13-14,17H,5-6,10-12H2,1-2H3. The summed E-state index contributed by atoms with van der Waals surface area (Å²) in [5, 5.41) is 0. The summed E-state index contributed by atoms with van der Waals surface area (Å²) in [5.74, 6) is 1.40. The second-order valence-corrected chi connectivity index (χ2v) is 7.23. The number of piperidine rings is 1. The van der Waals surface area contributed by atoms with Crippen molar-refractivity contribution in [3.8, 4) is 11.4 Å². The monoisotopic (exact) mass is 376 g/mol. The van der Waals surface area contributed by atoms with Crippen LogP contribution in [0.4, 0.5) is 0 Å².